The van der Waals surface area contributed by atoms with Crippen LogP contribution in [-0.4, -0.2) is 13.1 Å². The molecule has 0 amide bonds. The van der Waals surface area contributed by atoms with Crippen LogP contribution in [0.1, 0.15) is 50.8 Å². The average Bonchev–Trinajstić information content (AvgIpc) is 2.93. The van der Waals surface area contributed by atoms with Crippen LogP contribution < -0.4 is 5.32 Å². The second-order valence-corrected chi connectivity index (χ2v) is 7.26. The molecule has 2 aromatic rings. The van der Waals surface area contributed by atoms with Gasteiger partial charge in [0.05, 0.1) is 0 Å². The maximum Gasteiger partial charge on any atom is 0.0135 e. The first-order valence-electron chi connectivity index (χ1n) is 8.93. The highest BCUT2D eigenvalue weighted by Gasteiger charge is 2.39. The van der Waals surface area contributed by atoms with E-state index in [4.69, 9.17) is 0 Å². The molecule has 3 rings (SSSR count). The normalized spacial score (nSPS) is 16.8. The first kappa shape index (κ1) is 16.3. The van der Waals surface area contributed by atoms with Crippen LogP contribution >= 0.6 is 0 Å². The molecule has 2 aromatic carbocycles. The second kappa shape index (κ2) is 6.13. The van der Waals surface area contributed by atoms with Crippen molar-refractivity contribution in [3.8, 4) is 11.1 Å². The first-order valence-corrected chi connectivity index (χ1v) is 8.93. The summed E-state index contributed by atoms with van der Waals surface area (Å²) in [6.45, 7) is 9.37. The van der Waals surface area contributed by atoms with Crippen molar-refractivity contribution in [3.63, 3.8) is 0 Å². The van der Waals surface area contributed by atoms with Gasteiger partial charge in [0.15, 0.2) is 0 Å². The smallest absolute Gasteiger partial charge is 0.0135 e. The minimum atomic E-state index is 0.179. The molecule has 1 heteroatoms. The predicted octanol–water partition coefficient (Wildman–Crippen LogP) is 5.17. The van der Waals surface area contributed by atoms with Crippen LogP contribution in [0.3, 0.4) is 0 Å². The lowest BCUT2D eigenvalue weighted by molar-refractivity contribution is 0.226. The van der Waals surface area contributed by atoms with E-state index in [9.17, 15) is 0 Å². The van der Waals surface area contributed by atoms with Crippen molar-refractivity contribution in [1.82, 2.24) is 5.32 Å². The van der Waals surface area contributed by atoms with E-state index >= 15 is 0 Å². The minimum Gasteiger partial charge on any atom is -0.316 e. The summed E-state index contributed by atoms with van der Waals surface area (Å²) in [4.78, 5) is 0. The lowest BCUT2D eigenvalue weighted by atomic mass is 9.65. The molecule has 2 atom stereocenters. The van der Waals surface area contributed by atoms with Gasteiger partial charge < -0.3 is 5.32 Å². The van der Waals surface area contributed by atoms with Crippen molar-refractivity contribution in [2.75, 3.05) is 7.05 Å². The summed E-state index contributed by atoms with van der Waals surface area (Å²) in [7, 11) is 2.08. The largest absolute Gasteiger partial charge is 0.316 e. The van der Waals surface area contributed by atoms with Gasteiger partial charge in [0.1, 0.15) is 0 Å². The molecular weight excluding hydrogens is 278 g/mol. The molecule has 0 radical (unpaired) electrons. The lowest BCUT2D eigenvalue weighted by Gasteiger charge is -2.43. The van der Waals surface area contributed by atoms with Gasteiger partial charge in [0, 0.05) is 11.5 Å². The van der Waals surface area contributed by atoms with Crippen molar-refractivity contribution < 1.29 is 0 Å². The molecule has 1 aliphatic carbocycles. The fourth-order valence-corrected chi connectivity index (χ4v) is 4.69. The predicted molar refractivity (Wildman–Crippen MR) is 100 cm³/mol. The number of rotatable bonds is 5. The number of nitrogens with one attached hydrogen (secondary N) is 1. The zero-order valence-corrected chi connectivity index (χ0v) is 15.1. The Bertz CT molecular complexity index is 701. The lowest BCUT2D eigenvalue weighted by Crippen LogP contribution is -2.48. The van der Waals surface area contributed by atoms with Crippen molar-refractivity contribution >= 4 is 0 Å². The maximum atomic E-state index is 3.52. The molecule has 2 unspecified atom stereocenters. The van der Waals surface area contributed by atoms with E-state index in [0.717, 1.165) is 12.8 Å². The van der Waals surface area contributed by atoms with Gasteiger partial charge in [0.25, 0.3) is 0 Å². The Kier molecular flexibility index (Phi) is 4.33. The number of benzene rings is 2. The van der Waals surface area contributed by atoms with Crippen LogP contribution in [0.4, 0.5) is 0 Å². The van der Waals surface area contributed by atoms with Crippen molar-refractivity contribution in [1.29, 1.82) is 0 Å². The third kappa shape index (κ3) is 2.42. The third-order valence-electron chi connectivity index (χ3n) is 6.15. The summed E-state index contributed by atoms with van der Waals surface area (Å²) in [6.07, 6.45) is 2.23. The van der Waals surface area contributed by atoms with Gasteiger partial charge in [-0.25, -0.2) is 0 Å². The average molecular weight is 307 g/mol. The molecule has 0 saturated heterocycles. The van der Waals surface area contributed by atoms with E-state index in [-0.39, 0.29) is 5.41 Å². The fourth-order valence-electron chi connectivity index (χ4n) is 4.69. The highest BCUT2D eigenvalue weighted by molar-refractivity contribution is 5.77. The van der Waals surface area contributed by atoms with Gasteiger partial charge in [-0.2, -0.15) is 0 Å². The number of hydrogen-bond acceptors (Lipinski definition) is 1. The summed E-state index contributed by atoms with van der Waals surface area (Å²) in [5, 5.41) is 3.52. The summed E-state index contributed by atoms with van der Waals surface area (Å²) in [5.74, 6) is 0.594. The summed E-state index contributed by atoms with van der Waals surface area (Å²) >= 11 is 0. The Labute approximate surface area is 141 Å². The Morgan fingerprint density at radius 1 is 1.00 bits per heavy atom. The molecule has 0 saturated carbocycles. The number of likely N-dealkylation sites (N-methyl/N-ethyl adjacent to an activating group) is 1. The molecule has 0 fully saturated rings. The highest BCUT2D eigenvalue weighted by Crippen LogP contribution is 2.43. The molecule has 1 aliphatic rings. The van der Waals surface area contributed by atoms with Crippen molar-refractivity contribution in [2.24, 2.45) is 5.92 Å². The topological polar surface area (TPSA) is 12.0 Å². The van der Waals surface area contributed by atoms with Gasteiger partial charge in [-0.15, -0.1) is 0 Å². The van der Waals surface area contributed by atoms with Crippen molar-refractivity contribution in [2.45, 2.75) is 52.0 Å². The highest BCUT2D eigenvalue weighted by atomic mass is 14.9. The molecule has 122 valence electrons. The Hall–Kier alpha value is -1.60. The van der Waals surface area contributed by atoms with Gasteiger partial charge in [-0.05, 0) is 60.5 Å². The SMILES string of the molecule is CCC(c1ccc2c(c1)Cc1ccccc1-2)(C(C)C)C(C)NC. The van der Waals surface area contributed by atoms with E-state index in [0.29, 0.717) is 12.0 Å². The number of fused-ring (bicyclic) bond motifs is 3. The zero-order valence-electron chi connectivity index (χ0n) is 15.1. The van der Waals surface area contributed by atoms with Gasteiger partial charge >= 0.3 is 0 Å². The van der Waals surface area contributed by atoms with Gasteiger partial charge in [-0.1, -0.05) is 63.2 Å². The van der Waals surface area contributed by atoms with E-state index in [1.807, 2.05) is 0 Å². The van der Waals surface area contributed by atoms with Crippen LogP contribution in [0.2, 0.25) is 0 Å². The molecular formula is C22H29N. The molecule has 0 heterocycles. The zero-order chi connectivity index (χ0) is 16.6. The maximum absolute atomic E-state index is 3.52. The Morgan fingerprint density at radius 3 is 2.35 bits per heavy atom. The van der Waals surface area contributed by atoms with E-state index < -0.39 is 0 Å². The van der Waals surface area contributed by atoms with Crippen LogP contribution in [0, 0.1) is 5.92 Å². The molecule has 0 aliphatic heterocycles. The van der Waals surface area contributed by atoms with Crippen LogP contribution in [0.5, 0.6) is 0 Å². The third-order valence-corrected chi connectivity index (χ3v) is 6.15. The summed E-state index contributed by atoms with van der Waals surface area (Å²) < 4.78 is 0. The summed E-state index contributed by atoms with van der Waals surface area (Å²) in [6, 6.07) is 16.5. The molecule has 0 spiro atoms. The van der Waals surface area contributed by atoms with Crippen molar-refractivity contribution in [3.05, 3.63) is 59.2 Å². The van der Waals surface area contributed by atoms with E-state index in [1.54, 1.807) is 0 Å². The molecule has 23 heavy (non-hydrogen) atoms. The van der Waals surface area contributed by atoms with E-state index in [2.05, 4.69) is 82.5 Å². The molecule has 1 nitrogen and oxygen atoms in total. The fraction of sp³-hybridized carbons (Fsp3) is 0.455. The standard InChI is InChI=1S/C22H29N/c1-6-22(15(2)3,16(4)23-5)19-11-12-21-18(14-19)13-17-9-7-8-10-20(17)21/h7-12,14-16,23H,6,13H2,1-5H3. The molecule has 0 aromatic heterocycles. The molecule has 0 bridgehead atoms. The Morgan fingerprint density at radius 2 is 1.70 bits per heavy atom. The Balaban J connectivity index is 2.10. The summed E-state index contributed by atoms with van der Waals surface area (Å²) in [5.41, 5.74) is 7.47. The van der Waals surface area contributed by atoms with Crippen LogP contribution in [0.15, 0.2) is 42.5 Å². The molecule has 1 N–H and O–H groups in total. The van der Waals surface area contributed by atoms with E-state index in [1.165, 1.54) is 27.8 Å². The van der Waals surface area contributed by atoms with Crippen LogP contribution in [-0.2, 0) is 11.8 Å². The second-order valence-electron chi connectivity index (χ2n) is 7.26. The van der Waals surface area contributed by atoms with Gasteiger partial charge in [-0.3, -0.25) is 0 Å². The number of hydrogen-bond donors (Lipinski definition) is 1. The monoisotopic (exact) mass is 307 g/mol. The van der Waals surface area contributed by atoms with Gasteiger partial charge in [0.2, 0.25) is 0 Å². The first-order chi connectivity index (χ1) is 11.0. The minimum absolute atomic E-state index is 0.179. The van der Waals surface area contributed by atoms with Crippen LogP contribution in [0.25, 0.3) is 11.1 Å². The quantitative estimate of drug-likeness (QED) is 0.685.